The maximum absolute atomic E-state index is 4.64. The summed E-state index contributed by atoms with van der Waals surface area (Å²) in [5, 5.41) is 8.94. The second-order valence-corrected chi connectivity index (χ2v) is 6.51. The Hall–Kier alpha value is -1.03. The molecule has 0 bridgehead atoms. The number of hydrogen-bond donors (Lipinski definition) is 2. The van der Waals surface area contributed by atoms with Gasteiger partial charge in [0.2, 0.25) is 0 Å². The molecule has 18 heavy (non-hydrogen) atoms. The fraction of sp³-hybridized carbons (Fsp3) is 0.643. The number of guanidine groups is 1. The summed E-state index contributed by atoms with van der Waals surface area (Å²) in [5.41, 5.74) is 0.434. The Morgan fingerprint density at radius 1 is 1.56 bits per heavy atom. The third kappa shape index (κ3) is 3.73. The Morgan fingerprint density at radius 2 is 2.33 bits per heavy atom. The van der Waals surface area contributed by atoms with Gasteiger partial charge in [-0.3, -0.25) is 4.99 Å². The summed E-state index contributed by atoms with van der Waals surface area (Å²) in [6.07, 6.45) is 2.27. The van der Waals surface area contributed by atoms with E-state index < -0.39 is 0 Å². The minimum Gasteiger partial charge on any atom is -0.357 e. The molecule has 2 N–H and O–H groups in total. The first-order valence-corrected chi connectivity index (χ1v) is 7.57. The van der Waals surface area contributed by atoms with Gasteiger partial charge >= 0.3 is 0 Å². The third-order valence-corrected chi connectivity index (χ3v) is 4.31. The monoisotopic (exact) mass is 265 g/mol. The molecule has 0 saturated heterocycles. The number of rotatable bonds is 5. The van der Waals surface area contributed by atoms with Gasteiger partial charge in [-0.15, -0.1) is 11.3 Å². The fourth-order valence-corrected chi connectivity index (χ4v) is 2.63. The molecule has 1 unspecified atom stereocenters. The lowest BCUT2D eigenvalue weighted by molar-refractivity contribution is 0.589. The first-order chi connectivity index (χ1) is 8.62. The largest absolute Gasteiger partial charge is 0.357 e. The smallest absolute Gasteiger partial charge is 0.191 e. The van der Waals surface area contributed by atoms with Crippen molar-refractivity contribution in [2.24, 2.45) is 10.4 Å². The van der Waals surface area contributed by atoms with E-state index in [0.29, 0.717) is 11.5 Å². The third-order valence-electron chi connectivity index (χ3n) is 3.38. The highest BCUT2D eigenvalue weighted by atomic mass is 32.1. The van der Waals surface area contributed by atoms with Crippen LogP contribution in [0.4, 0.5) is 0 Å². The zero-order valence-corrected chi connectivity index (χ0v) is 12.3. The predicted octanol–water partition coefficient (Wildman–Crippen LogP) is 2.64. The fourth-order valence-electron chi connectivity index (χ4n) is 1.93. The molecule has 0 spiro atoms. The van der Waals surface area contributed by atoms with Crippen molar-refractivity contribution in [3.05, 3.63) is 22.4 Å². The van der Waals surface area contributed by atoms with E-state index in [1.165, 1.54) is 11.3 Å². The van der Waals surface area contributed by atoms with Crippen molar-refractivity contribution in [2.45, 2.75) is 39.7 Å². The van der Waals surface area contributed by atoms with Gasteiger partial charge in [0.05, 0.1) is 0 Å². The van der Waals surface area contributed by atoms with Crippen LogP contribution in [0.1, 0.15) is 32.1 Å². The molecule has 0 aromatic carbocycles. The van der Waals surface area contributed by atoms with Gasteiger partial charge in [0.25, 0.3) is 0 Å². The molecule has 0 aliphatic heterocycles. The highest BCUT2D eigenvalue weighted by molar-refractivity contribution is 7.09. The summed E-state index contributed by atoms with van der Waals surface area (Å²) in [6, 6.07) is 4.85. The van der Waals surface area contributed by atoms with E-state index in [4.69, 9.17) is 0 Å². The number of aliphatic imine (C=N–C) groups is 1. The maximum Gasteiger partial charge on any atom is 0.191 e. The molecule has 1 saturated carbocycles. The molecule has 1 aromatic rings. The number of nitrogens with zero attached hydrogens (tertiary/aromatic N) is 1. The van der Waals surface area contributed by atoms with Gasteiger partial charge in [-0.05, 0) is 30.2 Å². The topological polar surface area (TPSA) is 36.4 Å². The van der Waals surface area contributed by atoms with E-state index in [-0.39, 0.29) is 0 Å². The molecule has 3 nitrogen and oxygen atoms in total. The van der Waals surface area contributed by atoms with Crippen LogP contribution in [0.15, 0.2) is 22.5 Å². The zero-order valence-electron chi connectivity index (χ0n) is 11.5. The summed E-state index contributed by atoms with van der Waals surface area (Å²) < 4.78 is 0. The predicted molar refractivity (Wildman–Crippen MR) is 79.3 cm³/mol. The quantitative estimate of drug-likeness (QED) is 0.634. The Kier molecular flexibility index (Phi) is 4.27. The average Bonchev–Trinajstić information content (AvgIpc) is 2.75. The minimum atomic E-state index is 0.434. The van der Waals surface area contributed by atoms with Crippen LogP contribution in [0.2, 0.25) is 0 Å². The van der Waals surface area contributed by atoms with Crippen LogP contribution in [-0.4, -0.2) is 25.1 Å². The van der Waals surface area contributed by atoms with E-state index >= 15 is 0 Å². The van der Waals surface area contributed by atoms with E-state index in [9.17, 15) is 0 Å². The maximum atomic E-state index is 4.64. The minimum absolute atomic E-state index is 0.434. The van der Waals surface area contributed by atoms with Gasteiger partial charge in [-0.1, -0.05) is 19.9 Å². The molecule has 2 rings (SSSR count). The normalized spacial score (nSPS) is 21.7. The van der Waals surface area contributed by atoms with E-state index in [1.807, 2.05) is 0 Å². The molecule has 1 aliphatic carbocycles. The summed E-state index contributed by atoms with van der Waals surface area (Å²) >= 11 is 1.80. The van der Waals surface area contributed by atoms with Crippen molar-refractivity contribution >= 4 is 17.3 Å². The molecular weight excluding hydrogens is 242 g/mol. The lowest BCUT2D eigenvalue weighted by Gasteiger charge is -2.12. The molecule has 0 radical (unpaired) electrons. The summed E-state index contributed by atoms with van der Waals surface area (Å²) in [4.78, 5) is 6.04. The number of nitrogens with one attached hydrogen (secondary N) is 2. The van der Waals surface area contributed by atoms with Crippen LogP contribution < -0.4 is 10.6 Å². The Balaban J connectivity index is 1.81. The first-order valence-electron chi connectivity index (χ1n) is 6.69. The van der Waals surface area contributed by atoms with Crippen LogP contribution in [0.25, 0.3) is 0 Å². The molecule has 1 aromatic heterocycles. The highest BCUT2D eigenvalue weighted by Gasteiger charge is 2.46. The SMILES string of the molecule is CCNC(=NCCc1cccs1)NC1CC1(C)C. The van der Waals surface area contributed by atoms with Gasteiger partial charge in [-0.2, -0.15) is 0 Å². The molecule has 1 atom stereocenters. The average molecular weight is 265 g/mol. The second-order valence-electron chi connectivity index (χ2n) is 5.48. The number of thiophene rings is 1. The van der Waals surface area contributed by atoms with Crippen LogP contribution in [-0.2, 0) is 6.42 Å². The van der Waals surface area contributed by atoms with Crippen molar-refractivity contribution in [3.63, 3.8) is 0 Å². The highest BCUT2D eigenvalue weighted by Crippen LogP contribution is 2.44. The van der Waals surface area contributed by atoms with Crippen molar-refractivity contribution in [1.82, 2.24) is 10.6 Å². The zero-order chi connectivity index (χ0) is 13.0. The van der Waals surface area contributed by atoms with E-state index in [0.717, 1.165) is 25.5 Å². The summed E-state index contributed by atoms with van der Waals surface area (Å²) in [5.74, 6) is 0.963. The number of hydrogen-bond acceptors (Lipinski definition) is 2. The summed E-state index contributed by atoms with van der Waals surface area (Å²) in [7, 11) is 0. The lowest BCUT2D eigenvalue weighted by atomic mass is 10.2. The van der Waals surface area contributed by atoms with Gasteiger partial charge in [0.1, 0.15) is 0 Å². The van der Waals surface area contributed by atoms with Crippen molar-refractivity contribution < 1.29 is 0 Å². The molecular formula is C14H23N3S. The molecule has 100 valence electrons. The van der Waals surface area contributed by atoms with Gasteiger partial charge in [-0.25, -0.2) is 0 Å². The van der Waals surface area contributed by atoms with Crippen molar-refractivity contribution in [3.8, 4) is 0 Å². The molecule has 0 amide bonds. The summed E-state index contributed by atoms with van der Waals surface area (Å²) in [6.45, 7) is 8.45. The Labute approximate surface area is 114 Å². The molecule has 4 heteroatoms. The Bertz CT molecular complexity index is 395. The van der Waals surface area contributed by atoms with Gasteiger partial charge < -0.3 is 10.6 Å². The van der Waals surface area contributed by atoms with Crippen LogP contribution >= 0.6 is 11.3 Å². The standard InChI is InChI=1S/C14H23N3S/c1-4-15-13(17-12-10-14(12,2)3)16-8-7-11-6-5-9-18-11/h5-6,9,12H,4,7-8,10H2,1-3H3,(H2,15,16,17). The van der Waals surface area contributed by atoms with E-state index in [2.05, 4.69) is 53.9 Å². The van der Waals surface area contributed by atoms with Crippen molar-refractivity contribution in [1.29, 1.82) is 0 Å². The van der Waals surface area contributed by atoms with Crippen LogP contribution in [0.5, 0.6) is 0 Å². The molecule has 1 fully saturated rings. The molecule has 1 aliphatic rings. The van der Waals surface area contributed by atoms with Crippen molar-refractivity contribution in [2.75, 3.05) is 13.1 Å². The van der Waals surface area contributed by atoms with Crippen LogP contribution in [0, 0.1) is 5.41 Å². The second kappa shape index (κ2) is 5.74. The Morgan fingerprint density at radius 3 is 2.89 bits per heavy atom. The van der Waals surface area contributed by atoms with E-state index in [1.54, 1.807) is 11.3 Å². The lowest BCUT2D eigenvalue weighted by Crippen LogP contribution is -2.40. The van der Waals surface area contributed by atoms with Gasteiger partial charge in [0, 0.05) is 30.4 Å². The van der Waals surface area contributed by atoms with Gasteiger partial charge in [0.15, 0.2) is 5.96 Å². The first kappa shape index (κ1) is 13.4. The molecule has 1 heterocycles. The van der Waals surface area contributed by atoms with Crippen LogP contribution in [0.3, 0.4) is 0 Å².